The number of ketones is 1. The van der Waals surface area contributed by atoms with Crippen molar-refractivity contribution in [1.82, 2.24) is 9.21 Å². The molecule has 2 aromatic carbocycles. The van der Waals surface area contributed by atoms with Crippen LogP contribution in [-0.4, -0.2) is 62.9 Å². The Balaban J connectivity index is 2.09. The molecule has 0 aliphatic carbocycles. The van der Waals surface area contributed by atoms with Gasteiger partial charge in [-0.2, -0.15) is 30.6 Å². The molecule has 1 heterocycles. The molecule has 0 spiro atoms. The van der Waals surface area contributed by atoms with E-state index < -0.39 is 64.0 Å². The summed E-state index contributed by atoms with van der Waals surface area (Å²) in [4.78, 5) is 15.0. The Bertz CT molecular complexity index is 1360. The molecule has 0 aromatic heterocycles. The van der Waals surface area contributed by atoms with Gasteiger partial charge in [-0.3, -0.25) is 4.79 Å². The zero-order valence-corrected chi connectivity index (χ0v) is 22.0. The fraction of sp³-hybridized carbons (Fsp3) is 0.346. The molecule has 5 nitrogen and oxygen atoms in total. The fourth-order valence-electron chi connectivity index (χ4n) is 4.00. The number of piperidine rings is 1. The van der Waals surface area contributed by atoms with E-state index in [1.54, 1.807) is 19.0 Å². The Hall–Kier alpha value is -3.10. The number of hydrogen-bond donors (Lipinski definition) is 0. The van der Waals surface area contributed by atoms with Crippen LogP contribution in [0.15, 0.2) is 47.5 Å². The molecule has 40 heavy (non-hydrogen) atoms. The lowest BCUT2D eigenvalue weighted by molar-refractivity contribution is -0.140. The van der Waals surface area contributed by atoms with Gasteiger partial charge >= 0.3 is 12.4 Å². The van der Waals surface area contributed by atoms with Gasteiger partial charge in [0.05, 0.1) is 16.9 Å². The summed E-state index contributed by atoms with van der Waals surface area (Å²) in [5.74, 6) is -4.28. The molecule has 0 N–H and O–H groups in total. The quantitative estimate of drug-likeness (QED) is 0.307. The van der Waals surface area contributed by atoms with Crippen LogP contribution in [0.5, 0.6) is 0 Å². The number of alkyl halides is 6. The standard InChI is InChI=1S/C26H24F8N2O3S/c1-35(2)8-3-9-40(38,39)36-14-18(10-16-4-6-22(27)20(12-16)25(29,30)31)24(37)19(15-36)11-17-5-7-23(28)21(13-17)26(32,33)34/h4-7,10-13H,3,8-9,14-15H2,1-2H3/b18-10+,19-11+. The van der Waals surface area contributed by atoms with E-state index in [2.05, 4.69) is 0 Å². The predicted molar refractivity (Wildman–Crippen MR) is 132 cm³/mol. The minimum Gasteiger partial charge on any atom is -0.309 e. The first-order valence-electron chi connectivity index (χ1n) is 11.7. The lowest BCUT2D eigenvalue weighted by Gasteiger charge is -2.29. The summed E-state index contributed by atoms with van der Waals surface area (Å²) in [6.07, 6.45) is -7.93. The summed E-state index contributed by atoms with van der Waals surface area (Å²) < 4.78 is 134. The number of nitrogens with zero attached hydrogens (tertiary/aromatic N) is 2. The highest BCUT2D eigenvalue weighted by Crippen LogP contribution is 2.34. The van der Waals surface area contributed by atoms with E-state index in [0.717, 1.165) is 28.6 Å². The highest BCUT2D eigenvalue weighted by molar-refractivity contribution is 7.89. The molecule has 3 rings (SSSR count). The number of rotatable bonds is 7. The lowest BCUT2D eigenvalue weighted by Crippen LogP contribution is -2.42. The van der Waals surface area contributed by atoms with Crippen molar-refractivity contribution in [3.8, 4) is 0 Å². The van der Waals surface area contributed by atoms with Crippen molar-refractivity contribution in [2.75, 3.05) is 39.5 Å². The molecule has 0 radical (unpaired) electrons. The van der Waals surface area contributed by atoms with E-state index in [0.29, 0.717) is 30.8 Å². The lowest BCUT2D eigenvalue weighted by atomic mass is 9.95. The maximum Gasteiger partial charge on any atom is 0.419 e. The second-order valence-electron chi connectivity index (χ2n) is 9.38. The number of benzene rings is 2. The molecule has 1 fully saturated rings. The van der Waals surface area contributed by atoms with Crippen molar-refractivity contribution in [3.05, 3.63) is 81.4 Å². The number of sulfonamides is 1. The van der Waals surface area contributed by atoms with E-state index in [-0.39, 0.29) is 34.4 Å². The first-order chi connectivity index (χ1) is 18.4. The normalized spacial score (nSPS) is 17.8. The smallest absolute Gasteiger partial charge is 0.309 e. The summed E-state index contributed by atoms with van der Waals surface area (Å²) in [5.41, 5.74) is -4.26. The Morgan fingerprint density at radius 3 is 1.62 bits per heavy atom. The summed E-state index contributed by atoms with van der Waals surface area (Å²) in [7, 11) is -0.585. The van der Waals surface area contributed by atoms with Crippen molar-refractivity contribution in [1.29, 1.82) is 0 Å². The van der Waals surface area contributed by atoms with Crippen molar-refractivity contribution >= 4 is 28.0 Å². The van der Waals surface area contributed by atoms with Gasteiger partial charge < -0.3 is 4.90 Å². The SMILES string of the molecule is CN(C)CCCS(=O)(=O)N1C/C(=C\c2ccc(F)c(C(F)(F)F)c2)C(=O)/C(=C/c2ccc(F)c(C(F)(F)F)c2)C1. The van der Waals surface area contributed by atoms with Gasteiger partial charge in [0, 0.05) is 24.2 Å². The number of halogens is 8. The van der Waals surface area contributed by atoms with Crippen LogP contribution in [0.4, 0.5) is 35.1 Å². The van der Waals surface area contributed by atoms with Crippen LogP contribution in [0.3, 0.4) is 0 Å². The Morgan fingerprint density at radius 1 is 0.825 bits per heavy atom. The van der Waals surface area contributed by atoms with Gasteiger partial charge in [-0.25, -0.2) is 17.2 Å². The van der Waals surface area contributed by atoms with Crippen molar-refractivity contribution in [2.45, 2.75) is 18.8 Å². The minimum atomic E-state index is -5.04. The van der Waals surface area contributed by atoms with Gasteiger partial charge in [-0.05, 0) is 74.6 Å². The first kappa shape index (κ1) is 31.4. The van der Waals surface area contributed by atoms with Gasteiger partial charge in [-0.1, -0.05) is 12.1 Å². The number of carbonyl (C=O) groups is 1. The van der Waals surface area contributed by atoms with Crippen LogP contribution in [0, 0.1) is 11.6 Å². The molecular weight excluding hydrogens is 572 g/mol. The van der Waals surface area contributed by atoms with Crippen LogP contribution < -0.4 is 0 Å². The van der Waals surface area contributed by atoms with E-state index >= 15 is 0 Å². The third kappa shape index (κ3) is 7.76. The summed E-state index contributed by atoms with van der Waals surface area (Å²) in [6.45, 7) is -0.657. The Morgan fingerprint density at radius 2 is 1.25 bits per heavy atom. The summed E-state index contributed by atoms with van der Waals surface area (Å²) in [5, 5.41) is 0. The third-order valence-electron chi connectivity index (χ3n) is 5.95. The second kappa shape index (κ2) is 11.8. The molecule has 0 bridgehead atoms. The molecule has 1 saturated heterocycles. The van der Waals surface area contributed by atoms with Crippen molar-refractivity contribution in [3.63, 3.8) is 0 Å². The van der Waals surface area contributed by atoms with Crippen LogP contribution in [0.2, 0.25) is 0 Å². The molecule has 1 aliphatic rings. The number of carbonyl (C=O) groups excluding carboxylic acids is 1. The van der Waals surface area contributed by atoms with E-state index in [1.165, 1.54) is 0 Å². The molecule has 218 valence electrons. The molecule has 2 aromatic rings. The van der Waals surface area contributed by atoms with E-state index in [9.17, 15) is 48.3 Å². The van der Waals surface area contributed by atoms with Crippen LogP contribution in [0.1, 0.15) is 28.7 Å². The average Bonchev–Trinajstić information content (AvgIpc) is 2.82. The van der Waals surface area contributed by atoms with Crippen LogP contribution in [-0.2, 0) is 27.2 Å². The molecule has 0 saturated carbocycles. The van der Waals surface area contributed by atoms with Crippen LogP contribution in [0.25, 0.3) is 12.2 Å². The van der Waals surface area contributed by atoms with Gasteiger partial charge in [-0.15, -0.1) is 0 Å². The number of Topliss-reactive ketones (excluding diaryl/α,β-unsaturated/α-hetero) is 1. The second-order valence-corrected chi connectivity index (χ2v) is 11.5. The highest BCUT2D eigenvalue weighted by Gasteiger charge is 2.36. The average molecular weight is 597 g/mol. The van der Waals surface area contributed by atoms with E-state index in [4.69, 9.17) is 0 Å². The van der Waals surface area contributed by atoms with Gasteiger partial charge in [0.25, 0.3) is 0 Å². The maximum absolute atomic E-state index is 13.7. The Kier molecular flexibility index (Phi) is 9.26. The van der Waals surface area contributed by atoms with Crippen molar-refractivity contribution < 1.29 is 48.3 Å². The summed E-state index contributed by atoms with van der Waals surface area (Å²) >= 11 is 0. The largest absolute Gasteiger partial charge is 0.419 e. The molecule has 1 aliphatic heterocycles. The molecule has 0 atom stereocenters. The Labute approximate surface area is 225 Å². The monoisotopic (exact) mass is 596 g/mol. The minimum absolute atomic E-state index is 0.206. The van der Waals surface area contributed by atoms with E-state index in [1.807, 2.05) is 0 Å². The van der Waals surface area contributed by atoms with Gasteiger partial charge in [0.1, 0.15) is 11.6 Å². The van der Waals surface area contributed by atoms with Crippen LogP contribution >= 0.6 is 0 Å². The zero-order valence-electron chi connectivity index (χ0n) is 21.2. The van der Waals surface area contributed by atoms with Gasteiger partial charge in [0.15, 0.2) is 5.78 Å². The highest BCUT2D eigenvalue weighted by atomic mass is 32.2. The number of hydrogen-bond acceptors (Lipinski definition) is 4. The first-order valence-corrected chi connectivity index (χ1v) is 13.3. The predicted octanol–water partition coefficient (Wildman–Crippen LogP) is 5.64. The third-order valence-corrected chi connectivity index (χ3v) is 7.80. The molecule has 0 unspecified atom stereocenters. The maximum atomic E-state index is 13.7. The fourth-order valence-corrected chi connectivity index (χ4v) is 5.42. The van der Waals surface area contributed by atoms with Crippen molar-refractivity contribution in [2.24, 2.45) is 0 Å². The molecule has 0 amide bonds. The van der Waals surface area contributed by atoms with Gasteiger partial charge in [0.2, 0.25) is 10.0 Å². The summed E-state index contributed by atoms with van der Waals surface area (Å²) in [6, 6.07) is 3.94. The zero-order chi connectivity index (χ0) is 30.0. The molecular formula is C26H24F8N2O3S. The topological polar surface area (TPSA) is 57.7 Å². The molecule has 14 heteroatoms.